The van der Waals surface area contributed by atoms with Gasteiger partial charge in [-0.2, -0.15) is 0 Å². The number of urea groups is 1. The van der Waals surface area contributed by atoms with Gasteiger partial charge >= 0.3 is 12.0 Å². The Bertz CT molecular complexity index is 272. The van der Waals surface area contributed by atoms with Gasteiger partial charge in [-0.05, 0) is 19.3 Å². The highest BCUT2D eigenvalue weighted by atomic mass is 16.4. The number of aliphatic carboxylic acids is 1. The van der Waals surface area contributed by atoms with Crippen LogP contribution in [-0.2, 0) is 4.79 Å². The first-order valence-electron chi connectivity index (χ1n) is 4.97. The van der Waals surface area contributed by atoms with Gasteiger partial charge in [-0.25, -0.2) is 4.79 Å². The molecule has 0 aliphatic heterocycles. The second-order valence-corrected chi connectivity index (χ2v) is 3.77. The van der Waals surface area contributed by atoms with Crippen molar-refractivity contribution >= 4 is 12.0 Å². The molecule has 0 aromatic rings. The molecule has 3 N–H and O–H groups in total. The highest BCUT2D eigenvalue weighted by molar-refractivity contribution is 5.80. The summed E-state index contributed by atoms with van der Waals surface area (Å²) >= 11 is 0. The van der Waals surface area contributed by atoms with Crippen molar-refractivity contribution in [3.63, 3.8) is 0 Å². The Kier molecular flexibility index (Phi) is 3.71. The molecule has 0 spiro atoms. The van der Waals surface area contributed by atoms with Gasteiger partial charge in [-0.1, -0.05) is 6.08 Å². The first-order chi connectivity index (χ1) is 7.10. The van der Waals surface area contributed by atoms with Crippen LogP contribution in [0.4, 0.5) is 4.79 Å². The normalized spacial score (nSPS) is 16.5. The van der Waals surface area contributed by atoms with Crippen molar-refractivity contribution in [1.29, 1.82) is 0 Å². The fourth-order valence-electron chi connectivity index (χ4n) is 1.22. The number of carbonyl (C=O) groups excluding carboxylic acids is 1. The number of rotatable bonds is 6. The number of hydrogen-bond donors (Lipinski definition) is 3. The van der Waals surface area contributed by atoms with Gasteiger partial charge < -0.3 is 15.7 Å². The van der Waals surface area contributed by atoms with Gasteiger partial charge in [-0.15, -0.1) is 6.58 Å². The summed E-state index contributed by atoms with van der Waals surface area (Å²) in [6.45, 7) is 4.26. The van der Waals surface area contributed by atoms with E-state index in [0.29, 0.717) is 25.8 Å². The Morgan fingerprint density at radius 2 is 2.07 bits per heavy atom. The molecule has 0 aromatic heterocycles. The molecule has 0 aromatic carbocycles. The molecule has 1 aliphatic rings. The van der Waals surface area contributed by atoms with Crippen molar-refractivity contribution in [2.24, 2.45) is 5.41 Å². The fourth-order valence-corrected chi connectivity index (χ4v) is 1.22. The fraction of sp³-hybridized carbons (Fsp3) is 0.600. The van der Waals surface area contributed by atoms with E-state index >= 15 is 0 Å². The standard InChI is InChI=1S/C10H16N2O3/c1-2-3-6-11-9(15)12-7-10(4-5-10)8(13)14/h2H,1,3-7H2,(H,13,14)(H2,11,12,15). The summed E-state index contributed by atoms with van der Waals surface area (Å²) < 4.78 is 0. The highest BCUT2D eigenvalue weighted by Crippen LogP contribution is 2.45. The van der Waals surface area contributed by atoms with Gasteiger partial charge in [0, 0.05) is 13.1 Å². The lowest BCUT2D eigenvalue weighted by atomic mass is 10.1. The third kappa shape index (κ3) is 3.27. The molecule has 0 saturated heterocycles. The van der Waals surface area contributed by atoms with Crippen LogP contribution in [0.1, 0.15) is 19.3 Å². The molecular formula is C10H16N2O3. The van der Waals surface area contributed by atoms with Gasteiger partial charge in [0.15, 0.2) is 0 Å². The third-order valence-corrected chi connectivity index (χ3v) is 2.53. The summed E-state index contributed by atoms with van der Waals surface area (Å²) in [6.07, 6.45) is 3.71. The minimum Gasteiger partial charge on any atom is -0.481 e. The van der Waals surface area contributed by atoms with Crippen molar-refractivity contribution < 1.29 is 14.7 Å². The number of amides is 2. The topological polar surface area (TPSA) is 78.4 Å². The Morgan fingerprint density at radius 3 is 2.53 bits per heavy atom. The van der Waals surface area contributed by atoms with Gasteiger partial charge in [0.1, 0.15) is 0 Å². The van der Waals surface area contributed by atoms with Crippen LogP contribution in [-0.4, -0.2) is 30.2 Å². The Morgan fingerprint density at radius 1 is 1.40 bits per heavy atom. The van der Waals surface area contributed by atoms with Gasteiger partial charge in [0.2, 0.25) is 0 Å². The summed E-state index contributed by atoms with van der Waals surface area (Å²) in [4.78, 5) is 21.9. The molecule has 0 unspecified atom stereocenters. The molecule has 15 heavy (non-hydrogen) atoms. The van der Waals surface area contributed by atoms with Crippen LogP contribution in [0, 0.1) is 5.41 Å². The molecule has 5 heteroatoms. The number of carboxylic acids is 1. The first-order valence-corrected chi connectivity index (χ1v) is 4.97. The summed E-state index contributed by atoms with van der Waals surface area (Å²) in [5.41, 5.74) is -0.699. The van der Waals surface area contributed by atoms with Crippen molar-refractivity contribution in [3.05, 3.63) is 12.7 Å². The van der Waals surface area contributed by atoms with Gasteiger partial charge in [0.25, 0.3) is 0 Å². The van der Waals surface area contributed by atoms with E-state index in [2.05, 4.69) is 17.2 Å². The smallest absolute Gasteiger partial charge is 0.314 e. The van der Waals surface area contributed by atoms with Crippen LogP contribution in [0.25, 0.3) is 0 Å². The predicted molar refractivity (Wildman–Crippen MR) is 55.5 cm³/mol. The van der Waals surface area contributed by atoms with E-state index in [4.69, 9.17) is 5.11 Å². The molecule has 1 saturated carbocycles. The van der Waals surface area contributed by atoms with Crippen molar-refractivity contribution in [1.82, 2.24) is 10.6 Å². The lowest BCUT2D eigenvalue weighted by Crippen LogP contribution is -2.40. The van der Waals surface area contributed by atoms with Crippen LogP contribution in [0.15, 0.2) is 12.7 Å². The minimum absolute atomic E-state index is 0.211. The Labute approximate surface area is 88.5 Å². The van der Waals surface area contributed by atoms with E-state index in [0.717, 1.165) is 0 Å². The van der Waals surface area contributed by atoms with Gasteiger partial charge in [-0.3, -0.25) is 4.79 Å². The quantitative estimate of drug-likeness (QED) is 0.448. The molecule has 1 aliphatic carbocycles. The molecule has 1 fully saturated rings. The van der Waals surface area contributed by atoms with Crippen LogP contribution in [0.3, 0.4) is 0 Å². The summed E-state index contributed by atoms with van der Waals surface area (Å²) in [5, 5.41) is 14.0. The second kappa shape index (κ2) is 4.82. The van der Waals surface area contributed by atoms with Crippen molar-refractivity contribution in [2.45, 2.75) is 19.3 Å². The van der Waals surface area contributed by atoms with E-state index in [1.807, 2.05) is 0 Å². The average Bonchev–Trinajstić information content (AvgIpc) is 2.96. The molecule has 1 rings (SSSR count). The number of nitrogens with one attached hydrogen (secondary N) is 2. The van der Waals surface area contributed by atoms with E-state index in [9.17, 15) is 9.59 Å². The SMILES string of the molecule is C=CCCNC(=O)NCC1(C(=O)O)CC1. The minimum atomic E-state index is -0.825. The monoisotopic (exact) mass is 212 g/mol. The predicted octanol–water partition coefficient (Wildman–Crippen LogP) is 0.726. The zero-order chi connectivity index (χ0) is 11.3. The molecule has 0 radical (unpaired) electrons. The maximum Gasteiger partial charge on any atom is 0.314 e. The maximum atomic E-state index is 11.2. The van der Waals surface area contributed by atoms with Crippen molar-refractivity contribution in [3.8, 4) is 0 Å². The van der Waals surface area contributed by atoms with E-state index < -0.39 is 11.4 Å². The molecule has 2 amide bonds. The van der Waals surface area contributed by atoms with Crippen LogP contribution in [0.2, 0.25) is 0 Å². The van der Waals surface area contributed by atoms with Crippen molar-refractivity contribution in [2.75, 3.05) is 13.1 Å². The lowest BCUT2D eigenvalue weighted by Gasteiger charge is -2.11. The summed E-state index contributed by atoms with van der Waals surface area (Å²) in [6, 6.07) is -0.315. The molecule has 5 nitrogen and oxygen atoms in total. The molecule has 0 heterocycles. The zero-order valence-corrected chi connectivity index (χ0v) is 8.58. The number of carbonyl (C=O) groups is 2. The summed E-state index contributed by atoms with van der Waals surface area (Å²) in [5.74, 6) is -0.825. The summed E-state index contributed by atoms with van der Waals surface area (Å²) in [7, 11) is 0. The lowest BCUT2D eigenvalue weighted by molar-refractivity contribution is -0.143. The average molecular weight is 212 g/mol. The zero-order valence-electron chi connectivity index (χ0n) is 8.58. The molecule has 0 bridgehead atoms. The maximum absolute atomic E-state index is 11.2. The van der Waals surface area contributed by atoms with Crippen LogP contribution >= 0.6 is 0 Å². The van der Waals surface area contributed by atoms with E-state index in [1.54, 1.807) is 6.08 Å². The highest BCUT2D eigenvalue weighted by Gasteiger charge is 2.50. The second-order valence-electron chi connectivity index (χ2n) is 3.77. The first kappa shape index (κ1) is 11.6. The van der Waals surface area contributed by atoms with E-state index in [1.165, 1.54) is 0 Å². The van der Waals surface area contributed by atoms with Crippen LogP contribution < -0.4 is 10.6 Å². The number of hydrogen-bond acceptors (Lipinski definition) is 2. The van der Waals surface area contributed by atoms with Gasteiger partial charge in [0.05, 0.1) is 5.41 Å². The van der Waals surface area contributed by atoms with E-state index in [-0.39, 0.29) is 12.6 Å². The van der Waals surface area contributed by atoms with Crippen LogP contribution in [0.5, 0.6) is 0 Å². The molecular weight excluding hydrogens is 196 g/mol. The number of carboxylic acid groups (broad SMARTS) is 1. The Hall–Kier alpha value is -1.52. The Balaban J connectivity index is 2.17. The molecule has 0 atom stereocenters. The largest absolute Gasteiger partial charge is 0.481 e. The molecule has 84 valence electrons. The third-order valence-electron chi connectivity index (χ3n) is 2.53.